The van der Waals surface area contributed by atoms with Gasteiger partial charge >= 0.3 is 0 Å². The van der Waals surface area contributed by atoms with E-state index in [1.54, 1.807) is 0 Å². The molecule has 0 radical (unpaired) electrons. The summed E-state index contributed by atoms with van der Waals surface area (Å²) in [6, 6.07) is 42.1. The van der Waals surface area contributed by atoms with Crippen molar-refractivity contribution < 1.29 is 0 Å². The Bertz CT molecular complexity index is 1230. The monoisotopic (exact) mass is 386 g/mol. The maximum absolute atomic E-state index is 5.14. The van der Waals surface area contributed by atoms with Crippen LogP contribution in [0.3, 0.4) is 0 Å². The highest BCUT2D eigenvalue weighted by atomic mass is 15.3. The third kappa shape index (κ3) is 3.56. The van der Waals surface area contributed by atoms with Gasteiger partial charge in [0.25, 0.3) is 0 Å². The van der Waals surface area contributed by atoms with Crippen LogP contribution in [0.25, 0.3) is 28.2 Å². The SMILES string of the molecule is c1ccc(Cc2c(-c3ccccc3)nn(-c3ccccc3)c2-c2ccccc2)cc1. The summed E-state index contributed by atoms with van der Waals surface area (Å²) in [6.07, 6.45) is 0.822. The largest absolute Gasteiger partial charge is 0.232 e. The molecule has 0 fully saturated rings. The fourth-order valence-electron chi connectivity index (χ4n) is 3.89. The molecular formula is C28H22N2. The Morgan fingerprint density at radius 3 is 1.63 bits per heavy atom. The van der Waals surface area contributed by atoms with Crippen molar-refractivity contribution in [2.45, 2.75) is 6.42 Å². The minimum Gasteiger partial charge on any atom is -0.232 e. The summed E-state index contributed by atoms with van der Waals surface area (Å²) in [5.74, 6) is 0. The van der Waals surface area contributed by atoms with Gasteiger partial charge in [-0.25, -0.2) is 4.68 Å². The topological polar surface area (TPSA) is 17.8 Å². The second kappa shape index (κ2) is 8.22. The highest BCUT2D eigenvalue weighted by Gasteiger charge is 2.21. The first-order valence-electron chi connectivity index (χ1n) is 10.2. The maximum Gasteiger partial charge on any atom is 0.0969 e. The molecule has 0 aliphatic rings. The predicted octanol–water partition coefficient (Wildman–Crippen LogP) is 6.80. The van der Waals surface area contributed by atoms with Gasteiger partial charge in [0.2, 0.25) is 0 Å². The molecule has 0 spiro atoms. The lowest BCUT2D eigenvalue weighted by molar-refractivity contribution is 0.891. The lowest BCUT2D eigenvalue weighted by Crippen LogP contribution is -2.00. The number of rotatable bonds is 5. The van der Waals surface area contributed by atoms with E-state index >= 15 is 0 Å². The van der Waals surface area contributed by atoms with E-state index in [0.29, 0.717) is 0 Å². The van der Waals surface area contributed by atoms with Gasteiger partial charge in [-0.05, 0) is 17.7 Å². The van der Waals surface area contributed by atoms with Crippen molar-refractivity contribution in [2.75, 3.05) is 0 Å². The zero-order chi connectivity index (χ0) is 20.2. The molecule has 5 rings (SSSR count). The van der Waals surface area contributed by atoms with Crippen LogP contribution in [0.1, 0.15) is 11.1 Å². The second-order valence-electron chi connectivity index (χ2n) is 7.32. The van der Waals surface area contributed by atoms with Gasteiger partial charge in [-0.15, -0.1) is 0 Å². The van der Waals surface area contributed by atoms with Gasteiger partial charge in [-0.2, -0.15) is 5.10 Å². The number of benzene rings is 4. The van der Waals surface area contributed by atoms with Crippen LogP contribution in [0.5, 0.6) is 0 Å². The van der Waals surface area contributed by atoms with E-state index in [1.165, 1.54) is 16.7 Å². The molecule has 0 aliphatic heterocycles. The van der Waals surface area contributed by atoms with E-state index in [-0.39, 0.29) is 0 Å². The third-order valence-corrected chi connectivity index (χ3v) is 5.30. The van der Waals surface area contributed by atoms with E-state index in [4.69, 9.17) is 5.10 Å². The van der Waals surface area contributed by atoms with Crippen LogP contribution in [0, 0.1) is 0 Å². The van der Waals surface area contributed by atoms with E-state index in [9.17, 15) is 0 Å². The number of aromatic nitrogens is 2. The molecule has 0 aliphatic carbocycles. The second-order valence-corrected chi connectivity index (χ2v) is 7.32. The standard InChI is InChI=1S/C28H22N2/c1-5-13-22(14-6-1)21-26-27(23-15-7-2-8-16-23)29-30(25-19-11-4-12-20-25)28(26)24-17-9-3-10-18-24/h1-20H,21H2. The van der Waals surface area contributed by atoms with Crippen molar-refractivity contribution in [3.8, 4) is 28.2 Å². The Balaban J connectivity index is 1.80. The molecule has 0 unspecified atom stereocenters. The Morgan fingerprint density at radius 1 is 0.533 bits per heavy atom. The Morgan fingerprint density at radius 2 is 1.03 bits per heavy atom. The van der Waals surface area contributed by atoms with E-state index in [2.05, 4.69) is 114 Å². The Hall–Kier alpha value is -3.91. The maximum atomic E-state index is 5.14. The molecule has 0 saturated carbocycles. The van der Waals surface area contributed by atoms with Crippen LogP contribution in [0.4, 0.5) is 0 Å². The van der Waals surface area contributed by atoms with Crippen LogP contribution < -0.4 is 0 Å². The van der Waals surface area contributed by atoms with Gasteiger partial charge in [0, 0.05) is 23.1 Å². The predicted molar refractivity (Wildman–Crippen MR) is 124 cm³/mol. The van der Waals surface area contributed by atoms with Gasteiger partial charge in [-0.1, -0.05) is 109 Å². The Labute approximate surface area is 177 Å². The van der Waals surface area contributed by atoms with Crippen LogP contribution in [-0.2, 0) is 6.42 Å². The molecule has 0 atom stereocenters. The quantitative estimate of drug-likeness (QED) is 0.325. The first-order chi connectivity index (χ1) is 14.9. The molecule has 0 amide bonds. The van der Waals surface area contributed by atoms with Crippen molar-refractivity contribution in [1.29, 1.82) is 0 Å². The van der Waals surface area contributed by atoms with E-state index in [0.717, 1.165) is 29.1 Å². The van der Waals surface area contributed by atoms with Gasteiger partial charge in [-0.3, -0.25) is 0 Å². The minimum absolute atomic E-state index is 0.822. The van der Waals surface area contributed by atoms with Crippen molar-refractivity contribution in [2.24, 2.45) is 0 Å². The molecule has 5 aromatic rings. The van der Waals surface area contributed by atoms with E-state index in [1.807, 2.05) is 12.1 Å². The number of hydrogen-bond donors (Lipinski definition) is 0. The fourth-order valence-corrected chi connectivity index (χ4v) is 3.89. The molecular weight excluding hydrogens is 364 g/mol. The molecule has 1 heterocycles. The highest BCUT2D eigenvalue weighted by Crippen LogP contribution is 2.35. The van der Waals surface area contributed by atoms with E-state index < -0.39 is 0 Å². The fraction of sp³-hybridized carbons (Fsp3) is 0.0357. The molecule has 0 N–H and O–H groups in total. The average molecular weight is 386 g/mol. The summed E-state index contributed by atoms with van der Waals surface area (Å²) in [5, 5.41) is 5.14. The zero-order valence-electron chi connectivity index (χ0n) is 16.6. The lowest BCUT2D eigenvalue weighted by Gasteiger charge is -2.11. The molecule has 1 aromatic heterocycles. The van der Waals surface area contributed by atoms with Crippen molar-refractivity contribution in [3.05, 3.63) is 132 Å². The molecule has 30 heavy (non-hydrogen) atoms. The van der Waals surface area contributed by atoms with Gasteiger partial charge < -0.3 is 0 Å². The minimum atomic E-state index is 0.822. The molecule has 0 saturated heterocycles. The molecule has 144 valence electrons. The number of para-hydroxylation sites is 1. The number of hydrogen-bond acceptors (Lipinski definition) is 1. The Kier molecular flexibility index (Phi) is 4.97. The summed E-state index contributed by atoms with van der Waals surface area (Å²) in [7, 11) is 0. The molecule has 2 heteroatoms. The lowest BCUT2D eigenvalue weighted by atomic mass is 9.96. The summed E-state index contributed by atoms with van der Waals surface area (Å²) in [6.45, 7) is 0. The normalized spacial score (nSPS) is 10.8. The van der Waals surface area contributed by atoms with Crippen molar-refractivity contribution >= 4 is 0 Å². The van der Waals surface area contributed by atoms with Gasteiger partial charge in [0.15, 0.2) is 0 Å². The van der Waals surface area contributed by atoms with Crippen molar-refractivity contribution in [1.82, 2.24) is 9.78 Å². The van der Waals surface area contributed by atoms with Gasteiger partial charge in [0.05, 0.1) is 17.1 Å². The molecule has 0 bridgehead atoms. The smallest absolute Gasteiger partial charge is 0.0969 e. The van der Waals surface area contributed by atoms with Crippen LogP contribution >= 0.6 is 0 Å². The van der Waals surface area contributed by atoms with Crippen LogP contribution in [0.15, 0.2) is 121 Å². The van der Waals surface area contributed by atoms with Crippen molar-refractivity contribution in [3.63, 3.8) is 0 Å². The summed E-state index contributed by atoms with van der Waals surface area (Å²) in [5.41, 5.74) is 8.05. The summed E-state index contributed by atoms with van der Waals surface area (Å²) >= 11 is 0. The summed E-state index contributed by atoms with van der Waals surface area (Å²) in [4.78, 5) is 0. The molecule has 2 nitrogen and oxygen atoms in total. The number of nitrogens with zero attached hydrogens (tertiary/aromatic N) is 2. The summed E-state index contributed by atoms with van der Waals surface area (Å²) < 4.78 is 2.09. The third-order valence-electron chi connectivity index (χ3n) is 5.30. The first kappa shape index (κ1) is 18.1. The highest BCUT2D eigenvalue weighted by molar-refractivity contribution is 5.76. The average Bonchev–Trinajstić information content (AvgIpc) is 3.20. The first-order valence-corrected chi connectivity index (χ1v) is 10.2. The van der Waals surface area contributed by atoms with Gasteiger partial charge in [0.1, 0.15) is 0 Å². The van der Waals surface area contributed by atoms with Crippen LogP contribution in [-0.4, -0.2) is 9.78 Å². The van der Waals surface area contributed by atoms with Crippen LogP contribution in [0.2, 0.25) is 0 Å². The zero-order valence-corrected chi connectivity index (χ0v) is 16.6. The molecule has 4 aromatic carbocycles.